The lowest BCUT2D eigenvalue weighted by molar-refractivity contribution is 0.333. The van der Waals surface area contributed by atoms with Crippen LogP contribution < -0.4 is 15.9 Å². The van der Waals surface area contributed by atoms with Crippen molar-refractivity contribution in [3.05, 3.63) is 60.7 Å². The molecule has 0 amide bonds. The van der Waals surface area contributed by atoms with E-state index >= 15 is 4.57 Å². The Bertz CT molecular complexity index is 785. The van der Waals surface area contributed by atoms with E-state index in [9.17, 15) is 0 Å². The van der Waals surface area contributed by atoms with Crippen LogP contribution in [0.4, 0.5) is 0 Å². The average Bonchev–Trinajstić information content (AvgIpc) is 3.09. The highest BCUT2D eigenvalue weighted by molar-refractivity contribution is 8.03. The van der Waals surface area contributed by atoms with E-state index in [-0.39, 0.29) is 15.4 Å². The first-order chi connectivity index (χ1) is 13.6. The highest BCUT2D eigenvalue weighted by atomic mass is 32.2. The van der Waals surface area contributed by atoms with Crippen molar-refractivity contribution >= 4 is 29.5 Å². The summed E-state index contributed by atoms with van der Waals surface area (Å²) in [6.07, 6.45) is 8.34. The Morgan fingerprint density at radius 3 is 1.86 bits per heavy atom. The van der Waals surface area contributed by atoms with Crippen molar-refractivity contribution in [1.29, 1.82) is 0 Å². The fraction of sp³-hybridized carbons (Fsp3) is 0.500. The van der Waals surface area contributed by atoms with Crippen LogP contribution in [0.5, 0.6) is 0 Å². The second-order valence-corrected chi connectivity index (χ2v) is 13.0. The van der Waals surface area contributed by atoms with Gasteiger partial charge in [-0.15, -0.1) is 11.8 Å². The van der Waals surface area contributed by atoms with Crippen LogP contribution in [0.1, 0.15) is 58.8 Å². The maximum absolute atomic E-state index is 15.1. The fourth-order valence-corrected chi connectivity index (χ4v) is 11.4. The van der Waals surface area contributed by atoms with Crippen LogP contribution in [0.3, 0.4) is 0 Å². The van der Waals surface area contributed by atoms with Gasteiger partial charge in [-0.25, -0.2) is 0 Å². The van der Waals surface area contributed by atoms with Gasteiger partial charge in [-0.2, -0.15) is 0 Å². The molecule has 1 heterocycles. The smallest absolute Gasteiger partial charge is 0.160 e. The molecule has 0 bridgehead atoms. The average molecular weight is 414 g/mol. The van der Waals surface area contributed by atoms with Gasteiger partial charge in [0.05, 0.1) is 10.7 Å². The molecular formula is C24H32NOPS. The number of nitrogens with one attached hydrogen (secondary N) is 1. The number of thioether (sulfide) groups is 1. The van der Waals surface area contributed by atoms with Crippen LogP contribution in [0.25, 0.3) is 0 Å². The Labute approximate surface area is 174 Å². The van der Waals surface area contributed by atoms with E-state index in [2.05, 4.69) is 55.2 Å². The zero-order valence-corrected chi connectivity index (χ0v) is 18.8. The molecule has 1 aliphatic heterocycles. The molecule has 1 saturated carbocycles. The third kappa shape index (κ3) is 3.30. The Kier molecular flexibility index (Phi) is 5.80. The van der Waals surface area contributed by atoms with Crippen LogP contribution in [0.2, 0.25) is 0 Å². The molecule has 1 spiro atoms. The van der Waals surface area contributed by atoms with Gasteiger partial charge >= 0.3 is 0 Å². The molecule has 2 aromatic carbocycles. The first-order valence-corrected chi connectivity index (χ1v) is 13.4. The summed E-state index contributed by atoms with van der Waals surface area (Å²) in [7, 11) is -2.85. The zero-order valence-electron chi connectivity index (χ0n) is 17.1. The second-order valence-electron chi connectivity index (χ2n) is 8.30. The summed E-state index contributed by atoms with van der Waals surface area (Å²) in [5.41, 5.74) is 0. The van der Waals surface area contributed by atoms with Gasteiger partial charge in [-0.3, -0.25) is 5.32 Å². The second kappa shape index (κ2) is 8.01. The van der Waals surface area contributed by atoms with Gasteiger partial charge in [0.2, 0.25) is 0 Å². The van der Waals surface area contributed by atoms with Crippen molar-refractivity contribution < 1.29 is 4.57 Å². The van der Waals surface area contributed by atoms with Crippen LogP contribution in [0, 0.1) is 0 Å². The molecule has 0 radical (unpaired) electrons. The standard InChI is InChI=1S/C24H32NOPS/c1-3-23(4-2)22(25-24(28-23)18-12-7-13-19-24)27(26,20-14-8-5-9-15-20)21-16-10-6-11-17-21/h5-6,8-11,14-17,22,25H,3-4,7,12-13,18-19H2,1-2H3/t22-/m0/s1. The normalized spacial score (nSPS) is 23.7. The zero-order chi connectivity index (χ0) is 19.7. The van der Waals surface area contributed by atoms with E-state index in [1.54, 1.807) is 0 Å². The van der Waals surface area contributed by atoms with Gasteiger partial charge < -0.3 is 4.57 Å². The van der Waals surface area contributed by atoms with Gasteiger partial charge in [0.15, 0.2) is 7.14 Å². The van der Waals surface area contributed by atoms with Crippen LogP contribution in [0.15, 0.2) is 60.7 Å². The van der Waals surface area contributed by atoms with Crippen molar-refractivity contribution in [3.63, 3.8) is 0 Å². The Morgan fingerprint density at radius 2 is 1.39 bits per heavy atom. The van der Waals surface area contributed by atoms with Gasteiger partial charge in [0.1, 0.15) is 0 Å². The monoisotopic (exact) mass is 413 g/mol. The van der Waals surface area contributed by atoms with Gasteiger partial charge in [-0.1, -0.05) is 93.8 Å². The van der Waals surface area contributed by atoms with Crippen LogP contribution >= 0.6 is 18.9 Å². The molecule has 0 unspecified atom stereocenters. The summed E-state index contributed by atoms with van der Waals surface area (Å²) in [5.74, 6) is -0.0251. The molecule has 2 nitrogen and oxygen atoms in total. The minimum Gasteiger partial charge on any atom is -0.312 e. The van der Waals surface area contributed by atoms with Gasteiger partial charge in [-0.05, 0) is 25.7 Å². The molecule has 4 heteroatoms. The predicted molar refractivity (Wildman–Crippen MR) is 123 cm³/mol. The van der Waals surface area contributed by atoms with Crippen LogP contribution in [-0.2, 0) is 4.57 Å². The lowest BCUT2D eigenvalue weighted by Crippen LogP contribution is -2.49. The summed E-state index contributed by atoms with van der Waals surface area (Å²) < 4.78 is 15.1. The van der Waals surface area contributed by atoms with Crippen molar-refractivity contribution in [2.75, 3.05) is 0 Å². The molecule has 0 aromatic heterocycles. The molecule has 28 heavy (non-hydrogen) atoms. The fourth-order valence-electron chi connectivity index (χ4n) is 5.17. The van der Waals surface area contributed by atoms with Crippen molar-refractivity contribution in [3.8, 4) is 0 Å². The highest BCUT2D eigenvalue weighted by Gasteiger charge is 2.59. The summed E-state index contributed by atoms with van der Waals surface area (Å²) in [6, 6.07) is 20.4. The highest BCUT2D eigenvalue weighted by Crippen LogP contribution is 2.64. The molecule has 2 aliphatic rings. The van der Waals surface area contributed by atoms with Gasteiger partial charge in [0, 0.05) is 15.4 Å². The maximum atomic E-state index is 15.1. The van der Waals surface area contributed by atoms with E-state index in [0.29, 0.717) is 0 Å². The maximum Gasteiger partial charge on any atom is 0.160 e. The number of hydrogen-bond acceptors (Lipinski definition) is 3. The third-order valence-corrected chi connectivity index (χ3v) is 12.6. The van der Waals surface area contributed by atoms with Crippen LogP contribution in [-0.4, -0.2) is 15.4 Å². The quantitative estimate of drug-likeness (QED) is 0.621. The molecule has 150 valence electrons. The largest absolute Gasteiger partial charge is 0.312 e. The molecule has 2 fully saturated rings. The summed E-state index contributed by atoms with van der Waals surface area (Å²) in [4.78, 5) is 0.0914. The summed E-state index contributed by atoms with van der Waals surface area (Å²) >= 11 is 2.12. The molecule has 1 saturated heterocycles. The lowest BCUT2D eigenvalue weighted by atomic mass is 9.94. The molecule has 1 aliphatic carbocycles. The number of hydrogen-bond donors (Lipinski definition) is 1. The van der Waals surface area contributed by atoms with E-state index in [4.69, 9.17) is 0 Å². The number of benzene rings is 2. The van der Waals surface area contributed by atoms with E-state index in [1.807, 2.05) is 36.4 Å². The minimum atomic E-state index is -2.85. The topological polar surface area (TPSA) is 29.1 Å². The third-order valence-electron chi connectivity index (χ3n) is 6.80. The van der Waals surface area contributed by atoms with E-state index in [0.717, 1.165) is 23.5 Å². The molecule has 1 atom stereocenters. The molecular weight excluding hydrogens is 381 g/mol. The molecule has 4 rings (SSSR count). The minimum absolute atomic E-state index is 0.00144. The van der Waals surface area contributed by atoms with Gasteiger partial charge in [0.25, 0.3) is 0 Å². The van der Waals surface area contributed by atoms with Crippen molar-refractivity contribution in [2.45, 2.75) is 74.2 Å². The summed E-state index contributed by atoms with van der Waals surface area (Å²) in [6.45, 7) is 4.57. The summed E-state index contributed by atoms with van der Waals surface area (Å²) in [5, 5.41) is 6.01. The predicted octanol–water partition coefficient (Wildman–Crippen LogP) is 5.88. The van der Waals surface area contributed by atoms with E-state index in [1.165, 1.54) is 32.1 Å². The SMILES string of the molecule is CCC1(CC)SC2(CCCCC2)N[C@H]1P(=O)(c1ccccc1)c1ccccc1. The first kappa shape index (κ1) is 20.3. The Balaban J connectivity index is 1.88. The molecule has 1 N–H and O–H groups in total. The lowest BCUT2D eigenvalue weighted by Gasteiger charge is -2.37. The number of rotatable bonds is 5. The van der Waals surface area contributed by atoms with Crippen molar-refractivity contribution in [1.82, 2.24) is 5.32 Å². The first-order valence-electron chi connectivity index (χ1n) is 10.8. The van der Waals surface area contributed by atoms with Crippen molar-refractivity contribution in [2.24, 2.45) is 0 Å². The Hall–Kier alpha value is -1.02. The Morgan fingerprint density at radius 1 is 0.893 bits per heavy atom. The molecule has 2 aromatic rings. The van der Waals surface area contributed by atoms with E-state index < -0.39 is 7.14 Å².